The molecule has 1 aromatic rings. The zero-order valence-corrected chi connectivity index (χ0v) is 8.84. The number of nitrogens with two attached hydrogens (primary N) is 1. The van der Waals surface area contributed by atoms with Crippen LogP contribution in [-0.2, 0) is 11.3 Å². The van der Waals surface area contributed by atoms with Crippen LogP contribution in [0.1, 0.15) is 5.56 Å². The van der Waals surface area contributed by atoms with E-state index >= 15 is 0 Å². The van der Waals surface area contributed by atoms with E-state index in [4.69, 9.17) is 10.8 Å². The van der Waals surface area contributed by atoms with Crippen molar-refractivity contribution in [2.24, 2.45) is 17.6 Å². The number of nitrogens with zero attached hydrogens (tertiary/aromatic N) is 1. The van der Waals surface area contributed by atoms with Crippen LogP contribution in [-0.4, -0.2) is 28.5 Å². The summed E-state index contributed by atoms with van der Waals surface area (Å²) >= 11 is 0. The van der Waals surface area contributed by atoms with E-state index in [-0.39, 0.29) is 23.6 Å². The van der Waals surface area contributed by atoms with E-state index in [1.807, 2.05) is 17.0 Å². The highest BCUT2D eigenvalue weighted by molar-refractivity contribution is 5.86. The summed E-state index contributed by atoms with van der Waals surface area (Å²) in [6.45, 7) is 1.41. The van der Waals surface area contributed by atoms with Gasteiger partial charge in [0.1, 0.15) is 5.75 Å². The smallest absolute Gasteiger partial charge is 0.227 e. The van der Waals surface area contributed by atoms with Gasteiger partial charge in [-0.2, -0.15) is 0 Å². The zero-order valence-electron chi connectivity index (χ0n) is 8.84. The van der Waals surface area contributed by atoms with Gasteiger partial charge in [0.25, 0.3) is 0 Å². The first-order chi connectivity index (χ1) is 7.66. The monoisotopic (exact) mass is 218 g/mol. The molecule has 1 amide bonds. The average molecular weight is 218 g/mol. The maximum Gasteiger partial charge on any atom is 0.227 e. The minimum absolute atomic E-state index is 0.0807. The van der Waals surface area contributed by atoms with Crippen LogP contribution in [0.3, 0.4) is 0 Å². The molecule has 1 saturated carbocycles. The fourth-order valence-electron chi connectivity index (χ4n) is 2.50. The highest BCUT2D eigenvalue weighted by Gasteiger charge is 2.59. The first-order valence-corrected chi connectivity index (χ1v) is 5.49. The highest BCUT2D eigenvalue weighted by atomic mass is 16.3. The summed E-state index contributed by atoms with van der Waals surface area (Å²) in [6, 6.07) is 7.06. The van der Waals surface area contributed by atoms with Crippen molar-refractivity contribution >= 4 is 5.91 Å². The number of aromatic hydroxyl groups is 1. The first-order valence-electron chi connectivity index (χ1n) is 5.49. The number of carbonyl (C=O) groups excluding carboxylic acids is 1. The van der Waals surface area contributed by atoms with Crippen LogP contribution in [0.4, 0.5) is 0 Å². The van der Waals surface area contributed by atoms with Gasteiger partial charge in [0, 0.05) is 25.0 Å². The van der Waals surface area contributed by atoms with Gasteiger partial charge < -0.3 is 15.7 Å². The lowest BCUT2D eigenvalue weighted by Gasteiger charge is -2.19. The maximum absolute atomic E-state index is 11.8. The van der Waals surface area contributed by atoms with Crippen LogP contribution < -0.4 is 5.73 Å². The second kappa shape index (κ2) is 3.22. The molecule has 3 rings (SSSR count). The third-order valence-electron chi connectivity index (χ3n) is 3.57. The van der Waals surface area contributed by atoms with Crippen LogP contribution >= 0.6 is 0 Å². The van der Waals surface area contributed by atoms with Crippen molar-refractivity contribution in [1.82, 2.24) is 4.90 Å². The number of rotatable bonds is 2. The van der Waals surface area contributed by atoms with Crippen molar-refractivity contribution in [3.05, 3.63) is 29.8 Å². The van der Waals surface area contributed by atoms with Crippen LogP contribution in [0.2, 0.25) is 0 Å². The molecule has 84 valence electrons. The molecule has 1 aliphatic carbocycles. The number of piperidine rings is 1. The van der Waals surface area contributed by atoms with Gasteiger partial charge in [-0.1, -0.05) is 12.1 Å². The molecule has 1 saturated heterocycles. The molecule has 2 aliphatic rings. The predicted octanol–water partition coefficient (Wildman–Crippen LogP) is 0.308. The number of phenols is 1. The fraction of sp³-hybridized carbons (Fsp3) is 0.417. The number of carbonyl (C=O) groups is 1. The second-order valence-electron chi connectivity index (χ2n) is 4.65. The highest BCUT2D eigenvalue weighted by Crippen LogP contribution is 2.45. The molecule has 0 radical (unpaired) electrons. The molecule has 3 N–H and O–H groups in total. The molecule has 1 heterocycles. The summed E-state index contributed by atoms with van der Waals surface area (Å²) in [6.07, 6.45) is 0. The Morgan fingerprint density at radius 3 is 2.62 bits per heavy atom. The molecule has 0 bridgehead atoms. The lowest BCUT2D eigenvalue weighted by Crippen LogP contribution is -2.32. The van der Waals surface area contributed by atoms with Crippen LogP contribution in [0.15, 0.2) is 24.3 Å². The van der Waals surface area contributed by atoms with Crippen molar-refractivity contribution in [3.8, 4) is 5.75 Å². The van der Waals surface area contributed by atoms with E-state index in [2.05, 4.69) is 0 Å². The standard InChI is InChI=1S/C12H14N2O2/c13-11-9-6-14(12(16)10(9)11)5-7-1-3-8(15)4-2-7/h1-4,9-11,15H,5-6,13H2. The number of benzene rings is 1. The number of fused-ring (bicyclic) bond motifs is 1. The Morgan fingerprint density at radius 1 is 1.38 bits per heavy atom. The Kier molecular flexibility index (Phi) is 1.94. The van der Waals surface area contributed by atoms with Crippen LogP contribution in [0, 0.1) is 11.8 Å². The average Bonchev–Trinajstić information content (AvgIpc) is 2.76. The predicted molar refractivity (Wildman–Crippen MR) is 58.5 cm³/mol. The van der Waals surface area contributed by atoms with Gasteiger partial charge in [0.2, 0.25) is 5.91 Å². The molecular weight excluding hydrogens is 204 g/mol. The molecule has 0 spiro atoms. The lowest BCUT2D eigenvalue weighted by atomic mass is 10.2. The van der Waals surface area contributed by atoms with Crippen molar-refractivity contribution in [2.45, 2.75) is 12.6 Å². The summed E-state index contributed by atoms with van der Waals surface area (Å²) in [7, 11) is 0. The van der Waals surface area contributed by atoms with Crippen molar-refractivity contribution < 1.29 is 9.90 Å². The van der Waals surface area contributed by atoms with Gasteiger partial charge in [-0.15, -0.1) is 0 Å². The normalized spacial score (nSPS) is 31.7. The molecule has 3 unspecified atom stereocenters. The van der Waals surface area contributed by atoms with Crippen LogP contribution in [0.25, 0.3) is 0 Å². The van der Waals surface area contributed by atoms with E-state index in [0.717, 1.165) is 12.1 Å². The Labute approximate surface area is 93.7 Å². The molecule has 0 aromatic heterocycles. The third kappa shape index (κ3) is 1.38. The first kappa shape index (κ1) is 9.66. The molecule has 1 aliphatic heterocycles. The largest absolute Gasteiger partial charge is 0.508 e. The Morgan fingerprint density at radius 2 is 2.06 bits per heavy atom. The Bertz CT molecular complexity index is 429. The SMILES string of the molecule is NC1C2CN(Cc3ccc(O)cc3)C(=O)C12. The van der Waals surface area contributed by atoms with Crippen molar-refractivity contribution in [2.75, 3.05) is 6.54 Å². The van der Waals surface area contributed by atoms with E-state index in [1.165, 1.54) is 0 Å². The van der Waals surface area contributed by atoms with Gasteiger partial charge in [0.15, 0.2) is 0 Å². The van der Waals surface area contributed by atoms with Crippen molar-refractivity contribution in [3.63, 3.8) is 0 Å². The fourth-order valence-corrected chi connectivity index (χ4v) is 2.50. The molecular formula is C12H14N2O2. The van der Waals surface area contributed by atoms with E-state index in [1.54, 1.807) is 12.1 Å². The molecule has 3 atom stereocenters. The molecule has 16 heavy (non-hydrogen) atoms. The Hall–Kier alpha value is -1.55. The summed E-state index contributed by atoms with van der Waals surface area (Å²) in [5, 5.41) is 9.16. The van der Waals surface area contributed by atoms with Crippen molar-refractivity contribution in [1.29, 1.82) is 0 Å². The number of likely N-dealkylation sites (tertiary alicyclic amines) is 1. The summed E-state index contributed by atoms with van der Waals surface area (Å²) in [5.74, 6) is 0.897. The number of hydrogen-bond acceptors (Lipinski definition) is 3. The number of phenolic OH excluding ortho intramolecular Hbond substituents is 1. The summed E-state index contributed by atoms with van der Waals surface area (Å²) < 4.78 is 0. The van der Waals surface area contributed by atoms with Gasteiger partial charge in [-0.05, 0) is 17.7 Å². The molecule has 4 heteroatoms. The minimum atomic E-state index is 0.0807. The van der Waals surface area contributed by atoms with Gasteiger partial charge in [0.05, 0.1) is 5.92 Å². The topological polar surface area (TPSA) is 66.6 Å². The summed E-state index contributed by atoms with van der Waals surface area (Å²) in [4.78, 5) is 13.7. The maximum atomic E-state index is 11.8. The van der Waals surface area contributed by atoms with Gasteiger partial charge in [-0.25, -0.2) is 0 Å². The molecule has 2 fully saturated rings. The molecule has 1 aromatic carbocycles. The van der Waals surface area contributed by atoms with Crippen LogP contribution in [0.5, 0.6) is 5.75 Å². The number of hydrogen-bond donors (Lipinski definition) is 2. The summed E-state index contributed by atoms with van der Waals surface area (Å²) in [5.41, 5.74) is 6.80. The van der Waals surface area contributed by atoms with E-state index < -0.39 is 0 Å². The van der Waals surface area contributed by atoms with E-state index in [0.29, 0.717) is 12.5 Å². The zero-order chi connectivity index (χ0) is 11.3. The lowest BCUT2D eigenvalue weighted by molar-refractivity contribution is -0.130. The quantitative estimate of drug-likeness (QED) is 0.750. The van der Waals surface area contributed by atoms with E-state index in [9.17, 15) is 4.79 Å². The van der Waals surface area contributed by atoms with Gasteiger partial charge in [-0.3, -0.25) is 4.79 Å². The Balaban J connectivity index is 1.68. The molecule has 4 nitrogen and oxygen atoms in total. The van der Waals surface area contributed by atoms with Gasteiger partial charge >= 0.3 is 0 Å². The minimum Gasteiger partial charge on any atom is -0.508 e. The third-order valence-corrected chi connectivity index (χ3v) is 3.57. The second-order valence-corrected chi connectivity index (χ2v) is 4.65. The number of amides is 1.